The van der Waals surface area contributed by atoms with Crippen LogP contribution in [0, 0.1) is 0 Å². The molecule has 0 saturated carbocycles. The summed E-state index contributed by atoms with van der Waals surface area (Å²) in [6.45, 7) is -0.758. The van der Waals surface area contributed by atoms with Gasteiger partial charge >= 0.3 is 13.6 Å². The van der Waals surface area contributed by atoms with Crippen molar-refractivity contribution >= 4 is 13.6 Å². The molecule has 0 aliphatic carbocycles. The summed E-state index contributed by atoms with van der Waals surface area (Å²) in [5, 5.41) is 8.30. The van der Waals surface area contributed by atoms with Crippen molar-refractivity contribution in [3.63, 3.8) is 0 Å². The second kappa shape index (κ2) is 5.90. The minimum absolute atomic E-state index is 0.140. The molecule has 0 unspecified atom stereocenters. The number of rotatable bonds is 6. The average molecular weight is 226 g/mol. The van der Waals surface area contributed by atoms with Crippen LogP contribution >= 0.6 is 7.60 Å². The van der Waals surface area contributed by atoms with E-state index in [1.54, 1.807) is 0 Å². The summed E-state index contributed by atoms with van der Waals surface area (Å²) < 4.78 is 22.4. The molecule has 0 aliphatic rings. The van der Waals surface area contributed by atoms with Gasteiger partial charge in [-0.15, -0.1) is 0 Å². The van der Waals surface area contributed by atoms with Gasteiger partial charge in [-0.25, -0.2) is 0 Å². The van der Waals surface area contributed by atoms with E-state index in [4.69, 9.17) is 14.9 Å². The highest BCUT2D eigenvalue weighted by molar-refractivity contribution is 7.52. The van der Waals surface area contributed by atoms with Gasteiger partial charge in [0.1, 0.15) is 0 Å². The van der Waals surface area contributed by atoms with Gasteiger partial charge in [0.25, 0.3) is 0 Å². The summed E-state index contributed by atoms with van der Waals surface area (Å²) in [5.41, 5.74) is 0.142. The smallest absolute Gasteiger partial charge is 0.329 e. The van der Waals surface area contributed by atoms with Crippen LogP contribution in [0.3, 0.4) is 0 Å². The van der Waals surface area contributed by atoms with Gasteiger partial charge in [0.2, 0.25) is 0 Å². The Morgan fingerprint density at radius 1 is 1.43 bits per heavy atom. The lowest BCUT2D eigenvalue weighted by Gasteiger charge is -2.06. The maximum atomic E-state index is 11.9. The lowest BCUT2D eigenvalue weighted by molar-refractivity contribution is -0.136. The molecule has 0 aromatic heterocycles. The molecule has 5 nitrogen and oxygen atoms in total. The molecule has 0 heterocycles. The van der Waals surface area contributed by atoms with Crippen molar-refractivity contribution in [1.29, 1.82) is 0 Å². The van der Waals surface area contributed by atoms with Gasteiger partial charge in [-0.1, -0.05) is 11.6 Å². The number of halogens is 1. The summed E-state index contributed by atoms with van der Waals surface area (Å²) in [5.74, 6) is -1.12. The molecular formula is C7H12FO5P. The highest BCUT2D eigenvalue weighted by atomic mass is 31.2. The molecule has 0 rings (SSSR count). The molecular weight excluding hydrogens is 214 g/mol. The topological polar surface area (TPSA) is 94.8 Å². The van der Waals surface area contributed by atoms with Crippen LogP contribution in [0.2, 0.25) is 0 Å². The van der Waals surface area contributed by atoms with Crippen molar-refractivity contribution in [2.75, 3.05) is 12.8 Å². The fourth-order valence-electron chi connectivity index (χ4n) is 0.863. The third kappa shape index (κ3) is 7.91. The molecule has 0 aliphatic heterocycles. The van der Waals surface area contributed by atoms with Crippen LogP contribution in [0.15, 0.2) is 11.6 Å². The zero-order valence-electron chi connectivity index (χ0n) is 7.39. The van der Waals surface area contributed by atoms with Crippen molar-refractivity contribution in [3.8, 4) is 0 Å². The van der Waals surface area contributed by atoms with Gasteiger partial charge < -0.3 is 14.9 Å². The second-order valence-electron chi connectivity index (χ2n) is 2.72. The van der Waals surface area contributed by atoms with Crippen LogP contribution in [0.5, 0.6) is 0 Å². The van der Waals surface area contributed by atoms with Gasteiger partial charge in [0.15, 0.2) is 0 Å². The molecule has 0 aromatic rings. The van der Waals surface area contributed by atoms with Crippen LogP contribution in [-0.4, -0.2) is 33.7 Å². The monoisotopic (exact) mass is 226 g/mol. The number of carboxylic acid groups (broad SMARTS) is 1. The first kappa shape index (κ1) is 13.3. The Balaban J connectivity index is 4.35. The van der Waals surface area contributed by atoms with Crippen LogP contribution in [0.1, 0.15) is 12.8 Å². The summed E-state index contributed by atoms with van der Waals surface area (Å²) >= 11 is 0. The summed E-state index contributed by atoms with van der Waals surface area (Å²) in [6, 6.07) is 0. The summed E-state index contributed by atoms with van der Waals surface area (Å²) in [6.07, 6.45) is 0.0684. The van der Waals surface area contributed by atoms with Crippen molar-refractivity contribution < 1.29 is 28.6 Å². The number of carbonyl (C=O) groups is 1. The second-order valence-corrected chi connectivity index (χ2v) is 4.37. The largest absolute Gasteiger partial charge is 0.481 e. The highest BCUT2D eigenvalue weighted by Crippen LogP contribution is 2.37. The van der Waals surface area contributed by atoms with Crippen molar-refractivity contribution in [3.05, 3.63) is 11.6 Å². The van der Waals surface area contributed by atoms with Gasteiger partial charge in [-0.05, 0) is 6.42 Å². The zero-order valence-corrected chi connectivity index (χ0v) is 8.28. The Hall–Kier alpha value is -0.710. The zero-order chi connectivity index (χ0) is 11.2. The predicted molar refractivity (Wildman–Crippen MR) is 47.8 cm³/mol. The molecule has 7 heteroatoms. The van der Waals surface area contributed by atoms with E-state index in [0.29, 0.717) is 0 Å². The number of aliphatic carboxylic acids is 1. The van der Waals surface area contributed by atoms with E-state index in [-0.39, 0.29) is 18.4 Å². The van der Waals surface area contributed by atoms with Gasteiger partial charge in [-0.3, -0.25) is 13.8 Å². The molecule has 0 radical (unpaired) electrons. The average Bonchev–Trinajstić information content (AvgIpc) is 1.98. The molecule has 0 bridgehead atoms. The molecule has 0 fully saturated rings. The Labute approximate surface area is 80.4 Å². The number of hydrogen-bond donors (Lipinski definition) is 3. The number of allylic oxidation sites excluding steroid dienone is 1. The number of carboxylic acids is 1. The van der Waals surface area contributed by atoms with E-state index in [9.17, 15) is 13.8 Å². The molecule has 82 valence electrons. The maximum Gasteiger partial charge on any atom is 0.329 e. The number of hydrogen-bond acceptors (Lipinski definition) is 2. The molecule has 0 aromatic carbocycles. The van der Waals surface area contributed by atoms with Gasteiger partial charge in [-0.2, -0.15) is 0 Å². The first-order valence-electron chi connectivity index (χ1n) is 3.85. The van der Waals surface area contributed by atoms with Crippen molar-refractivity contribution in [2.45, 2.75) is 12.8 Å². The van der Waals surface area contributed by atoms with E-state index in [0.717, 1.165) is 6.08 Å². The highest BCUT2D eigenvalue weighted by Gasteiger charge is 2.15. The fraction of sp³-hybridized carbons (Fsp3) is 0.571. The minimum atomic E-state index is -4.24. The molecule has 0 spiro atoms. The lowest BCUT2D eigenvalue weighted by atomic mass is 10.2. The van der Waals surface area contributed by atoms with Crippen molar-refractivity contribution in [1.82, 2.24) is 0 Å². The van der Waals surface area contributed by atoms with E-state index in [1.165, 1.54) is 0 Å². The van der Waals surface area contributed by atoms with E-state index in [2.05, 4.69) is 0 Å². The Kier molecular flexibility index (Phi) is 5.60. The van der Waals surface area contributed by atoms with Crippen molar-refractivity contribution in [2.24, 2.45) is 0 Å². The van der Waals surface area contributed by atoms with E-state index < -0.39 is 26.4 Å². The van der Waals surface area contributed by atoms with Crippen LogP contribution in [-0.2, 0) is 9.36 Å². The molecule has 0 atom stereocenters. The third-order valence-electron chi connectivity index (χ3n) is 1.39. The first-order valence-corrected chi connectivity index (χ1v) is 5.65. The van der Waals surface area contributed by atoms with E-state index in [1.807, 2.05) is 0 Å². The van der Waals surface area contributed by atoms with Gasteiger partial charge in [0, 0.05) is 0 Å². The standard InChI is InChI=1S/C7H12FO5P/c8-4-3-6(1-2-7(9)10)5-14(11,12)13/h1H,2-5H2,(H,9,10)(H2,11,12,13). The quantitative estimate of drug-likeness (QED) is 0.462. The lowest BCUT2D eigenvalue weighted by Crippen LogP contribution is -1.98. The molecule has 0 amide bonds. The van der Waals surface area contributed by atoms with Gasteiger partial charge in [0.05, 0.1) is 19.3 Å². The minimum Gasteiger partial charge on any atom is -0.481 e. The SMILES string of the molecule is O=C(O)CC=C(CCF)CP(=O)(O)O. The molecule has 0 saturated heterocycles. The normalized spacial score (nSPS) is 12.9. The van der Waals surface area contributed by atoms with E-state index >= 15 is 0 Å². The Bertz CT molecular complexity index is 269. The van der Waals surface area contributed by atoms with Crippen LogP contribution in [0.4, 0.5) is 4.39 Å². The Morgan fingerprint density at radius 3 is 2.36 bits per heavy atom. The molecule has 14 heavy (non-hydrogen) atoms. The summed E-state index contributed by atoms with van der Waals surface area (Å²) in [7, 11) is -4.24. The predicted octanol–water partition coefficient (Wildman–Crippen LogP) is 0.925. The fourth-order valence-corrected chi connectivity index (χ4v) is 1.68. The Morgan fingerprint density at radius 2 is 2.00 bits per heavy atom. The summed E-state index contributed by atoms with van der Waals surface area (Å²) in [4.78, 5) is 27.3. The van der Waals surface area contributed by atoms with Crippen LogP contribution < -0.4 is 0 Å². The van der Waals surface area contributed by atoms with Crippen LogP contribution in [0.25, 0.3) is 0 Å². The first-order chi connectivity index (χ1) is 6.35. The maximum absolute atomic E-state index is 11.9. The third-order valence-corrected chi connectivity index (χ3v) is 2.21. The molecule has 3 N–H and O–H groups in total. The number of alkyl halides is 1.